The minimum absolute atomic E-state index is 0.0798. The van der Waals surface area contributed by atoms with E-state index in [-0.39, 0.29) is 38.3 Å². The van der Waals surface area contributed by atoms with Crippen molar-refractivity contribution in [3.05, 3.63) is 47.5 Å². The van der Waals surface area contributed by atoms with Gasteiger partial charge in [-0.15, -0.1) is 0 Å². The van der Waals surface area contributed by atoms with E-state index in [1.807, 2.05) is 20.8 Å². The quantitative estimate of drug-likeness (QED) is 0.323. The molecule has 0 aromatic heterocycles. The van der Waals surface area contributed by atoms with Gasteiger partial charge in [0.15, 0.2) is 0 Å². The Labute approximate surface area is 213 Å². The molecule has 0 fully saturated rings. The predicted octanol–water partition coefficient (Wildman–Crippen LogP) is 5.55. The normalized spacial score (nSPS) is 12.6. The van der Waals surface area contributed by atoms with Crippen molar-refractivity contribution in [2.75, 3.05) is 15.5 Å². The maximum Gasteiger partial charge on any atom is 0.472 e. The molecule has 0 unspecified atom stereocenters. The molecule has 0 aliphatic carbocycles. The Morgan fingerprint density at radius 3 is 1.92 bits per heavy atom. The van der Waals surface area contributed by atoms with E-state index in [2.05, 4.69) is 15.5 Å². The van der Waals surface area contributed by atoms with Gasteiger partial charge < -0.3 is 5.32 Å². The van der Waals surface area contributed by atoms with Gasteiger partial charge >= 0.3 is 12.1 Å². The van der Waals surface area contributed by atoms with Gasteiger partial charge in [0.1, 0.15) is 4.90 Å². The molecule has 0 saturated heterocycles. The average Bonchev–Trinajstić information content (AvgIpc) is 2.71. The summed E-state index contributed by atoms with van der Waals surface area (Å²) in [5, 5.41) is 2.66. The zero-order valence-corrected chi connectivity index (χ0v) is 21.9. The summed E-state index contributed by atoms with van der Waals surface area (Å²) in [6, 6.07) is 9.12. The van der Waals surface area contributed by atoms with Gasteiger partial charge in [0, 0.05) is 16.8 Å². The topological polar surface area (TPSA) is 116 Å². The highest BCUT2D eigenvalue weighted by Crippen LogP contribution is 2.35. The molecule has 0 aliphatic heterocycles. The van der Waals surface area contributed by atoms with E-state index in [1.165, 1.54) is 47.9 Å². The Hall–Kier alpha value is -2.99. The standard InChI is InChI=1S/C23H28ClF3N4O4S/c1-21(2,3)13-22(4,5)19(32)28-16-10-11-17(24)18(12-16)36(34,35)31-15-8-6-14(7-9-15)29-30-20(33)23(25,26)27/h6-12,29,31H,13H2,1-5H3,(H,28,32)(H,30,33). The first-order valence-corrected chi connectivity index (χ1v) is 12.5. The number of carbonyl (C=O) groups excluding carboxylic acids is 2. The number of hydrazine groups is 1. The van der Waals surface area contributed by atoms with Crippen molar-refractivity contribution in [2.24, 2.45) is 10.8 Å². The summed E-state index contributed by atoms with van der Waals surface area (Å²) in [6.45, 7) is 9.65. The molecular formula is C23H28ClF3N4O4S. The Morgan fingerprint density at radius 2 is 1.39 bits per heavy atom. The fraction of sp³-hybridized carbons (Fsp3) is 0.391. The highest BCUT2D eigenvalue weighted by Gasteiger charge is 2.38. The number of rotatable bonds is 8. The lowest BCUT2D eigenvalue weighted by Crippen LogP contribution is -2.40. The number of anilines is 3. The number of amides is 2. The minimum Gasteiger partial charge on any atom is -0.326 e. The van der Waals surface area contributed by atoms with E-state index in [1.54, 1.807) is 13.8 Å². The van der Waals surface area contributed by atoms with Crippen LogP contribution < -0.4 is 20.9 Å². The van der Waals surface area contributed by atoms with Gasteiger partial charge in [-0.05, 0) is 54.3 Å². The largest absolute Gasteiger partial charge is 0.472 e. The van der Waals surface area contributed by atoms with Gasteiger partial charge in [-0.2, -0.15) is 13.2 Å². The van der Waals surface area contributed by atoms with Crippen LogP contribution in [0, 0.1) is 10.8 Å². The van der Waals surface area contributed by atoms with Crippen LogP contribution in [-0.2, 0) is 19.6 Å². The lowest BCUT2D eigenvalue weighted by Gasteiger charge is -2.31. The lowest BCUT2D eigenvalue weighted by molar-refractivity contribution is -0.173. The van der Waals surface area contributed by atoms with Gasteiger partial charge in [0.05, 0.1) is 10.7 Å². The molecule has 2 amide bonds. The third-order valence-corrected chi connectivity index (χ3v) is 6.64. The summed E-state index contributed by atoms with van der Waals surface area (Å²) in [7, 11) is -4.20. The molecule has 0 bridgehead atoms. The SMILES string of the molecule is CC(C)(C)CC(C)(C)C(=O)Nc1ccc(Cl)c(S(=O)(=O)Nc2ccc(NNC(=O)C(F)(F)F)cc2)c1. The van der Waals surface area contributed by atoms with Gasteiger partial charge in [-0.1, -0.05) is 46.2 Å². The van der Waals surface area contributed by atoms with Crippen molar-refractivity contribution in [1.29, 1.82) is 0 Å². The number of sulfonamides is 1. The van der Waals surface area contributed by atoms with E-state index in [4.69, 9.17) is 11.6 Å². The number of carbonyl (C=O) groups is 2. The summed E-state index contributed by atoms with van der Waals surface area (Å²) in [6.07, 6.45) is -4.46. The molecule has 36 heavy (non-hydrogen) atoms. The molecule has 0 radical (unpaired) electrons. The molecular weight excluding hydrogens is 521 g/mol. The first-order valence-electron chi connectivity index (χ1n) is 10.7. The van der Waals surface area contributed by atoms with Crippen LogP contribution in [0.25, 0.3) is 0 Å². The van der Waals surface area contributed by atoms with Crippen LogP contribution in [0.15, 0.2) is 47.4 Å². The van der Waals surface area contributed by atoms with Crippen LogP contribution in [0.3, 0.4) is 0 Å². The van der Waals surface area contributed by atoms with E-state index >= 15 is 0 Å². The first-order chi connectivity index (χ1) is 16.3. The van der Waals surface area contributed by atoms with Gasteiger partial charge in [0.25, 0.3) is 10.0 Å². The molecule has 0 atom stereocenters. The number of halogens is 4. The Bertz CT molecular complexity index is 1230. The second-order valence-electron chi connectivity index (χ2n) is 9.98. The number of nitrogens with one attached hydrogen (secondary N) is 4. The number of alkyl halides is 3. The van der Waals surface area contributed by atoms with E-state index < -0.39 is 27.5 Å². The van der Waals surface area contributed by atoms with E-state index in [0.29, 0.717) is 6.42 Å². The Morgan fingerprint density at radius 1 is 0.861 bits per heavy atom. The summed E-state index contributed by atoms with van der Waals surface area (Å²) in [5.41, 5.74) is 3.14. The molecule has 198 valence electrons. The molecule has 2 rings (SSSR count). The fourth-order valence-electron chi connectivity index (χ4n) is 3.52. The summed E-state index contributed by atoms with van der Waals surface area (Å²) < 4.78 is 65.0. The van der Waals surface area contributed by atoms with Crippen molar-refractivity contribution >= 4 is 50.5 Å². The molecule has 0 aliphatic rings. The molecule has 2 aromatic rings. The second kappa shape index (κ2) is 10.6. The third-order valence-electron chi connectivity index (χ3n) is 4.78. The molecule has 13 heteroatoms. The highest BCUT2D eigenvalue weighted by molar-refractivity contribution is 7.92. The smallest absolute Gasteiger partial charge is 0.326 e. The number of hydrogen-bond donors (Lipinski definition) is 4. The Kier molecular flexibility index (Phi) is 8.57. The minimum atomic E-state index is -5.06. The highest BCUT2D eigenvalue weighted by atomic mass is 35.5. The fourth-order valence-corrected chi connectivity index (χ4v) is 5.11. The number of benzene rings is 2. The average molecular weight is 549 g/mol. The Balaban J connectivity index is 2.16. The monoisotopic (exact) mass is 548 g/mol. The van der Waals surface area contributed by atoms with Crippen molar-refractivity contribution in [3.8, 4) is 0 Å². The molecule has 2 aromatic carbocycles. The van der Waals surface area contributed by atoms with Gasteiger partial charge in [0.2, 0.25) is 5.91 Å². The predicted molar refractivity (Wildman–Crippen MR) is 133 cm³/mol. The van der Waals surface area contributed by atoms with Crippen LogP contribution in [0.4, 0.5) is 30.2 Å². The van der Waals surface area contributed by atoms with Crippen molar-refractivity contribution in [3.63, 3.8) is 0 Å². The van der Waals surface area contributed by atoms with Crippen LogP contribution >= 0.6 is 11.6 Å². The molecule has 4 N–H and O–H groups in total. The lowest BCUT2D eigenvalue weighted by atomic mass is 9.75. The zero-order chi connectivity index (χ0) is 27.5. The van der Waals surface area contributed by atoms with E-state index in [0.717, 1.165) is 0 Å². The maximum atomic E-state index is 12.9. The summed E-state index contributed by atoms with van der Waals surface area (Å²) >= 11 is 6.12. The van der Waals surface area contributed by atoms with Gasteiger partial charge in [-0.25, -0.2) is 8.42 Å². The molecule has 0 heterocycles. The summed E-state index contributed by atoms with van der Waals surface area (Å²) in [4.78, 5) is 23.4. The number of hydrogen-bond acceptors (Lipinski definition) is 5. The zero-order valence-electron chi connectivity index (χ0n) is 20.3. The van der Waals surface area contributed by atoms with Crippen molar-refractivity contribution < 1.29 is 31.2 Å². The first kappa shape index (κ1) is 29.2. The third kappa shape index (κ3) is 8.30. The van der Waals surface area contributed by atoms with Crippen molar-refractivity contribution in [1.82, 2.24) is 5.43 Å². The molecule has 8 nitrogen and oxygen atoms in total. The molecule has 0 spiro atoms. The van der Waals surface area contributed by atoms with Crippen LogP contribution in [0.1, 0.15) is 41.0 Å². The van der Waals surface area contributed by atoms with Crippen molar-refractivity contribution in [2.45, 2.75) is 52.1 Å². The van der Waals surface area contributed by atoms with Gasteiger partial charge in [-0.3, -0.25) is 25.2 Å². The summed E-state index contributed by atoms with van der Waals surface area (Å²) in [5.74, 6) is -2.47. The molecule has 0 saturated carbocycles. The van der Waals surface area contributed by atoms with E-state index in [9.17, 15) is 31.2 Å². The van der Waals surface area contributed by atoms with Crippen LogP contribution in [-0.4, -0.2) is 26.4 Å². The second-order valence-corrected chi connectivity index (χ2v) is 12.0. The van der Waals surface area contributed by atoms with Crippen LogP contribution in [0.2, 0.25) is 5.02 Å². The maximum absolute atomic E-state index is 12.9. The van der Waals surface area contributed by atoms with Crippen LogP contribution in [0.5, 0.6) is 0 Å².